The summed E-state index contributed by atoms with van der Waals surface area (Å²) in [6, 6.07) is 9.48. The Hall–Kier alpha value is -2.18. The summed E-state index contributed by atoms with van der Waals surface area (Å²) >= 11 is 0. The van der Waals surface area contributed by atoms with Crippen molar-refractivity contribution in [2.75, 3.05) is 13.1 Å². The van der Waals surface area contributed by atoms with Gasteiger partial charge in [0.05, 0.1) is 29.7 Å². The highest BCUT2D eigenvalue weighted by Gasteiger charge is 2.33. The zero-order valence-electron chi connectivity index (χ0n) is 10.8. The molecule has 1 aromatic heterocycles. The molecule has 2 unspecified atom stereocenters. The number of likely N-dealkylation sites (tertiary alicyclic amines) is 1. The molecule has 0 aliphatic carbocycles. The highest BCUT2D eigenvalue weighted by molar-refractivity contribution is 5.94. The van der Waals surface area contributed by atoms with Crippen molar-refractivity contribution in [2.24, 2.45) is 0 Å². The van der Waals surface area contributed by atoms with Gasteiger partial charge in [0.1, 0.15) is 0 Å². The molecule has 1 aliphatic heterocycles. The van der Waals surface area contributed by atoms with Crippen LogP contribution in [0.2, 0.25) is 0 Å². The number of carbonyl (C=O) groups excluding carboxylic acids is 1. The molecular weight excluding hydrogens is 258 g/mol. The first-order valence-electron chi connectivity index (χ1n) is 6.40. The van der Waals surface area contributed by atoms with Crippen molar-refractivity contribution in [3.05, 3.63) is 48.3 Å². The van der Waals surface area contributed by atoms with Crippen LogP contribution in [0.15, 0.2) is 42.7 Å². The van der Waals surface area contributed by atoms with Gasteiger partial charge in [-0.25, -0.2) is 4.68 Å². The Morgan fingerprint density at radius 3 is 2.45 bits per heavy atom. The summed E-state index contributed by atoms with van der Waals surface area (Å²) in [4.78, 5) is 13.7. The maximum atomic E-state index is 12.2. The van der Waals surface area contributed by atoms with Gasteiger partial charge in [0, 0.05) is 19.3 Å². The van der Waals surface area contributed by atoms with Gasteiger partial charge >= 0.3 is 0 Å². The summed E-state index contributed by atoms with van der Waals surface area (Å²) in [6.07, 6.45) is 1.40. The van der Waals surface area contributed by atoms with Crippen LogP contribution >= 0.6 is 0 Å². The predicted molar refractivity (Wildman–Crippen MR) is 71.5 cm³/mol. The summed E-state index contributed by atoms with van der Waals surface area (Å²) in [6.45, 7) is 0.299. The molecule has 6 nitrogen and oxygen atoms in total. The van der Waals surface area contributed by atoms with E-state index in [0.29, 0.717) is 5.56 Å². The van der Waals surface area contributed by atoms with E-state index in [1.807, 2.05) is 30.3 Å². The van der Waals surface area contributed by atoms with Crippen LogP contribution in [0.5, 0.6) is 0 Å². The lowest BCUT2D eigenvalue weighted by Gasteiger charge is -2.13. The van der Waals surface area contributed by atoms with Gasteiger partial charge in [-0.05, 0) is 12.1 Å². The van der Waals surface area contributed by atoms with E-state index in [-0.39, 0.29) is 19.0 Å². The van der Waals surface area contributed by atoms with Crippen LogP contribution < -0.4 is 0 Å². The molecule has 0 bridgehead atoms. The fourth-order valence-corrected chi connectivity index (χ4v) is 2.27. The lowest BCUT2D eigenvalue weighted by atomic mass is 10.3. The second kappa shape index (κ2) is 5.07. The second-order valence-electron chi connectivity index (χ2n) is 4.85. The number of para-hydroxylation sites is 1. The van der Waals surface area contributed by atoms with Crippen LogP contribution in [0.4, 0.5) is 0 Å². The number of aliphatic hydroxyl groups is 2. The van der Waals surface area contributed by atoms with Crippen LogP contribution in [0.3, 0.4) is 0 Å². The number of benzene rings is 1. The minimum Gasteiger partial charge on any atom is -0.388 e. The number of aromatic nitrogens is 2. The van der Waals surface area contributed by atoms with E-state index in [1.165, 1.54) is 11.1 Å². The number of nitrogens with zero attached hydrogens (tertiary/aromatic N) is 3. The first kappa shape index (κ1) is 12.8. The SMILES string of the molecule is O=C(c1cnn(-c2ccccc2)c1)N1CC(O)C(O)C1. The summed E-state index contributed by atoms with van der Waals surface area (Å²) < 4.78 is 1.62. The molecule has 2 atom stereocenters. The molecule has 3 rings (SSSR count). The fourth-order valence-electron chi connectivity index (χ4n) is 2.27. The number of hydrogen-bond acceptors (Lipinski definition) is 4. The average molecular weight is 273 g/mol. The van der Waals surface area contributed by atoms with Crippen molar-refractivity contribution in [2.45, 2.75) is 12.2 Å². The molecule has 2 N–H and O–H groups in total. The Bertz CT molecular complexity index is 601. The number of hydrogen-bond donors (Lipinski definition) is 2. The van der Waals surface area contributed by atoms with Crippen molar-refractivity contribution in [3.63, 3.8) is 0 Å². The normalized spacial score (nSPS) is 22.2. The maximum absolute atomic E-state index is 12.2. The Morgan fingerprint density at radius 1 is 1.15 bits per heavy atom. The molecule has 0 spiro atoms. The minimum absolute atomic E-state index is 0.149. The number of amides is 1. The molecule has 1 aromatic carbocycles. The fraction of sp³-hybridized carbons (Fsp3) is 0.286. The third-order valence-corrected chi connectivity index (χ3v) is 3.40. The molecule has 1 aliphatic rings. The van der Waals surface area contributed by atoms with E-state index in [0.717, 1.165) is 5.69 Å². The number of rotatable bonds is 2. The molecule has 0 saturated carbocycles. The Morgan fingerprint density at radius 2 is 1.80 bits per heavy atom. The van der Waals surface area contributed by atoms with Gasteiger partial charge in [-0.15, -0.1) is 0 Å². The summed E-state index contributed by atoms with van der Waals surface area (Å²) in [5.41, 5.74) is 1.31. The zero-order chi connectivity index (χ0) is 14.1. The van der Waals surface area contributed by atoms with Crippen molar-refractivity contribution in [1.29, 1.82) is 0 Å². The van der Waals surface area contributed by atoms with E-state index >= 15 is 0 Å². The molecule has 1 amide bonds. The van der Waals surface area contributed by atoms with E-state index < -0.39 is 12.2 Å². The second-order valence-corrected chi connectivity index (χ2v) is 4.85. The Labute approximate surface area is 115 Å². The summed E-state index contributed by atoms with van der Waals surface area (Å²) in [7, 11) is 0. The molecule has 1 fully saturated rings. The van der Waals surface area contributed by atoms with Gasteiger partial charge in [-0.3, -0.25) is 4.79 Å². The van der Waals surface area contributed by atoms with Crippen LogP contribution in [-0.4, -0.2) is 56.1 Å². The largest absolute Gasteiger partial charge is 0.388 e. The van der Waals surface area contributed by atoms with Gasteiger partial charge < -0.3 is 15.1 Å². The number of aliphatic hydroxyl groups excluding tert-OH is 2. The van der Waals surface area contributed by atoms with Gasteiger partial charge in [-0.2, -0.15) is 5.10 Å². The molecular formula is C14H15N3O3. The molecule has 0 radical (unpaired) electrons. The van der Waals surface area contributed by atoms with Crippen LogP contribution in [0.25, 0.3) is 5.69 Å². The summed E-state index contributed by atoms with van der Waals surface area (Å²) in [5.74, 6) is -0.234. The zero-order valence-corrected chi connectivity index (χ0v) is 10.8. The quantitative estimate of drug-likeness (QED) is 0.810. The van der Waals surface area contributed by atoms with Crippen molar-refractivity contribution in [3.8, 4) is 5.69 Å². The lowest BCUT2D eigenvalue weighted by molar-refractivity contribution is 0.0572. The van der Waals surface area contributed by atoms with Gasteiger partial charge in [0.25, 0.3) is 5.91 Å². The molecule has 104 valence electrons. The molecule has 2 heterocycles. The van der Waals surface area contributed by atoms with Gasteiger partial charge in [0.15, 0.2) is 0 Å². The topological polar surface area (TPSA) is 78.6 Å². The van der Waals surface area contributed by atoms with E-state index in [4.69, 9.17) is 0 Å². The number of β-amino-alcohol motifs (C(OH)–C–C–N with tert-alkyl or cyclic N) is 2. The van der Waals surface area contributed by atoms with Crippen molar-refractivity contribution in [1.82, 2.24) is 14.7 Å². The van der Waals surface area contributed by atoms with Gasteiger partial charge in [0.2, 0.25) is 0 Å². The lowest BCUT2D eigenvalue weighted by Crippen LogP contribution is -2.29. The Kier molecular flexibility index (Phi) is 3.25. The van der Waals surface area contributed by atoms with Crippen LogP contribution in [0, 0.1) is 0 Å². The first-order chi connectivity index (χ1) is 9.65. The third kappa shape index (κ3) is 2.31. The average Bonchev–Trinajstić information content (AvgIpc) is 3.07. The highest BCUT2D eigenvalue weighted by Crippen LogP contribution is 2.15. The van der Waals surface area contributed by atoms with Crippen LogP contribution in [-0.2, 0) is 0 Å². The molecule has 6 heteroatoms. The predicted octanol–water partition coefficient (Wildman–Crippen LogP) is 0.0499. The maximum Gasteiger partial charge on any atom is 0.257 e. The summed E-state index contributed by atoms with van der Waals surface area (Å²) in [5, 5.41) is 23.1. The van der Waals surface area contributed by atoms with Crippen molar-refractivity contribution < 1.29 is 15.0 Å². The van der Waals surface area contributed by atoms with Crippen LogP contribution in [0.1, 0.15) is 10.4 Å². The monoisotopic (exact) mass is 273 g/mol. The Balaban J connectivity index is 1.79. The molecule has 1 saturated heterocycles. The standard InChI is InChI=1S/C14H15N3O3/c18-12-8-16(9-13(12)19)14(20)10-6-15-17(7-10)11-4-2-1-3-5-11/h1-7,12-13,18-19H,8-9H2. The van der Waals surface area contributed by atoms with E-state index in [2.05, 4.69) is 5.10 Å². The molecule has 20 heavy (non-hydrogen) atoms. The number of carbonyl (C=O) groups is 1. The van der Waals surface area contributed by atoms with Gasteiger partial charge in [-0.1, -0.05) is 18.2 Å². The first-order valence-corrected chi connectivity index (χ1v) is 6.40. The smallest absolute Gasteiger partial charge is 0.257 e. The van der Waals surface area contributed by atoms with Crippen molar-refractivity contribution >= 4 is 5.91 Å². The minimum atomic E-state index is -0.872. The van der Waals surface area contributed by atoms with E-state index in [9.17, 15) is 15.0 Å². The van der Waals surface area contributed by atoms with E-state index in [1.54, 1.807) is 10.9 Å². The highest BCUT2D eigenvalue weighted by atomic mass is 16.3. The molecule has 2 aromatic rings. The third-order valence-electron chi connectivity index (χ3n) is 3.40.